The topological polar surface area (TPSA) is 114 Å². The second kappa shape index (κ2) is 7.59. The van der Waals surface area contributed by atoms with Crippen LogP contribution in [0.5, 0.6) is 0 Å². The summed E-state index contributed by atoms with van der Waals surface area (Å²) in [4.78, 5) is 36.5. The van der Waals surface area contributed by atoms with E-state index in [1.165, 1.54) is 0 Å². The normalized spacial score (nSPS) is 10.9. The van der Waals surface area contributed by atoms with E-state index in [9.17, 15) is 14.4 Å². The highest BCUT2D eigenvalue weighted by atomic mass is 16.3. The fourth-order valence-corrected chi connectivity index (χ4v) is 2.96. The number of rotatable bonds is 5. The minimum atomic E-state index is -0.368. The van der Waals surface area contributed by atoms with Crippen molar-refractivity contribution in [3.8, 4) is 0 Å². The Hall–Kier alpha value is -3.19. The number of para-hydroxylation sites is 1. The molecule has 1 heterocycles. The molecule has 3 rings (SSSR count). The van der Waals surface area contributed by atoms with Crippen LogP contribution in [0, 0.1) is 13.8 Å². The maximum Gasteiger partial charge on any atom is 0.240 e. The van der Waals surface area contributed by atoms with Gasteiger partial charge >= 0.3 is 0 Å². The Morgan fingerprint density at radius 3 is 2.48 bits per heavy atom. The fraction of sp³-hybridized carbons (Fsp3) is 0.250. The van der Waals surface area contributed by atoms with Crippen molar-refractivity contribution < 1.29 is 14.0 Å². The highest BCUT2D eigenvalue weighted by Gasteiger charge is 2.15. The highest BCUT2D eigenvalue weighted by Crippen LogP contribution is 2.25. The van der Waals surface area contributed by atoms with Crippen molar-refractivity contribution in [3.05, 3.63) is 57.2 Å². The summed E-state index contributed by atoms with van der Waals surface area (Å²) in [6.07, 6.45) is -0.00739. The van der Waals surface area contributed by atoms with Crippen molar-refractivity contribution in [1.29, 1.82) is 0 Å². The van der Waals surface area contributed by atoms with Crippen LogP contribution < -0.4 is 21.8 Å². The Morgan fingerprint density at radius 2 is 1.74 bits per heavy atom. The number of amides is 2. The van der Waals surface area contributed by atoms with E-state index in [1.807, 2.05) is 19.9 Å². The molecule has 7 nitrogen and oxygen atoms in total. The molecule has 0 aliphatic carbocycles. The van der Waals surface area contributed by atoms with Gasteiger partial charge < -0.3 is 20.8 Å². The monoisotopic (exact) mass is 367 g/mol. The predicted octanol–water partition coefficient (Wildman–Crippen LogP) is 1.25. The van der Waals surface area contributed by atoms with Gasteiger partial charge in [0, 0.05) is 5.56 Å². The van der Waals surface area contributed by atoms with E-state index in [2.05, 4.69) is 10.6 Å². The van der Waals surface area contributed by atoms with Gasteiger partial charge in [-0.2, -0.15) is 0 Å². The molecular formula is C20H21N3O4. The lowest BCUT2D eigenvalue weighted by Gasteiger charge is -2.10. The smallest absolute Gasteiger partial charge is 0.240 e. The third kappa shape index (κ3) is 3.68. The summed E-state index contributed by atoms with van der Waals surface area (Å²) in [6, 6.07) is 8.80. The Bertz CT molecular complexity index is 1100. The quantitative estimate of drug-likeness (QED) is 0.464. The molecule has 1 aromatic heterocycles. The molecule has 4 N–H and O–H groups in total. The molecule has 0 atom stereocenters. The molecule has 0 radical (unpaired) electrons. The van der Waals surface area contributed by atoms with Crippen molar-refractivity contribution in [2.45, 2.75) is 20.3 Å². The van der Waals surface area contributed by atoms with Crippen LogP contribution in [0.3, 0.4) is 0 Å². The van der Waals surface area contributed by atoms with Gasteiger partial charge in [-0.1, -0.05) is 18.2 Å². The maximum absolute atomic E-state index is 12.9. The molecule has 7 heteroatoms. The lowest BCUT2D eigenvalue weighted by molar-refractivity contribution is -0.125. The average molecular weight is 367 g/mol. The Morgan fingerprint density at radius 1 is 1.00 bits per heavy atom. The van der Waals surface area contributed by atoms with E-state index in [1.54, 1.807) is 24.3 Å². The molecule has 3 aromatic rings. The number of fused-ring (bicyclic) bond motifs is 2. The van der Waals surface area contributed by atoms with Gasteiger partial charge in [-0.25, -0.2) is 0 Å². The summed E-state index contributed by atoms with van der Waals surface area (Å²) in [6.45, 7) is 3.70. The Kier molecular flexibility index (Phi) is 5.23. The molecule has 2 aromatic carbocycles. The summed E-state index contributed by atoms with van der Waals surface area (Å²) in [5.74, 6) is -0.717. The molecule has 0 fully saturated rings. The van der Waals surface area contributed by atoms with Crippen molar-refractivity contribution in [1.82, 2.24) is 10.6 Å². The zero-order valence-electron chi connectivity index (χ0n) is 15.2. The molecule has 0 aliphatic heterocycles. The van der Waals surface area contributed by atoms with Crippen LogP contribution in [-0.4, -0.2) is 25.0 Å². The van der Waals surface area contributed by atoms with Crippen LogP contribution in [0.25, 0.3) is 21.9 Å². The van der Waals surface area contributed by atoms with Crippen LogP contribution in [0.15, 0.2) is 39.5 Å². The van der Waals surface area contributed by atoms with Gasteiger partial charge in [0.15, 0.2) is 0 Å². The molecule has 0 unspecified atom stereocenters. The highest BCUT2D eigenvalue weighted by molar-refractivity contribution is 5.94. The first-order valence-electron chi connectivity index (χ1n) is 8.60. The third-order valence-corrected chi connectivity index (χ3v) is 4.56. The minimum absolute atomic E-state index is 0.00739. The lowest BCUT2D eigenvalue weighted by atomic mass is 10.0. The number of nitrogens with one attached hydrogen (secondary N) is 2. The van der Waals surface area contributed by atoms with E-state index < -0.39 is 0 Å². The van der Waals surface area contributed by atoms with Crippen molar-refractivity contribution in [3.63, 3.8) is 0 Å². The lowest BCUT2D eigenvalue weighted by Crippen LogP contribution is -2.39. The first-order chi connectivity index (χ1) is 12.9. The van der Waals surface area contributed by atoms with Gasteiger partial charge in [-0.3, -0.25) is 14.4 Å². The fourth-order valence-electron chi connectivity index (χ4n) is 2.96. The number of benzene rings is 2. The SMILES string of the molecule is Cc1ccc2c(=O)c3cccc(CC(=O)NCC(=O)NCN)c3oc2c1C. The number of hydrogen-bond acceptors (Lipinski definition) is 5. The maximum atomic E-state index is 12.9. The first-order valence-corrected chi connectivity index (χ1v) is 8.60. The number of carbonyl (C=O) groups excluding carboxylic acids is 2. The van der Waals surface area contributed by atoms with Crippen LogP contribution in [0.2, 0.25) is 0 Å². The summed E-state index contributed by atoms with van der Waals surface area (Å²) in [7, 11) is 0. The van der Waals surface area contributed by atoms with E-state index in [0.717, 1.165) is 11.1 Å². The molecule has 0 saturated heterocycles. The molecule has 0 saturated carbocycles. The number of carbonyl (C=O) groups is 2. The van der Waals surface area contributed by atoms with Crippen molar-refractivity contribution in [2.24, 2.45) is 5.73 Å². The molecule has 0 spiro atoms. The molecule has 27 heavy (non-hydrogen) atoms. The molecule has 2 amide bonds. The van der Waals surface area contributed by atoms with Crippen LogP contribution in [-0.2, 0) is 16.0 Å². The summed E-state index contributed by atoms with van der Waals surface area (Å²) >= 11 is 0. The number of hydrogen-bond donors (Lipinski definition) is 3. The van der Waals surface area contributed by atoms with Gasteiger partial charge in [-0.05, 0) is 37.1 Å². The van der Waals surface area contributed by atoms with Gasteiger partial charge in [0.05, 0.1) is 30.4 Å². The largest absolute Gasteiger partial charge is 0.455 e. The van der Waals surface area contributed by atoms with Crippen LogP contribution in [0.4, 0.5) is 0 Å². The van der Waals surface area contributed by atoms with E-state index in [4.69, 9.17) is 10.2 Å². The van der Waals surface area contributed by atoms with E-state index in [-0.39, 0.29) is 36.9 Å². The first kappa shape index (κ1) is 18.6. The second-order valence-electron chi connectivity index (χ2n) is 6.37. The summed E-state index contributed by atoms with van der Waals surface area (Å²) < 4.78 is 6.06. The third-order valence-electron chi connectivity index (χ3n) is 4.56. The summed E-state index contributed by atoms with van der Waals surface area (Å²) in [5, 5.41) is 5.87. The molecular weight excluding hydrogens is 346 g/mol. The second-order valence-corrected chi connectivity index (χ2v) is 6.37. The Labute approximate surface area is 155 Å². The van der Waals surface area contributed by atoms with Crippen LogP contribution in [0.1, 0.15) is 16.7 Å². The van der Waals surface area contributed by atoms with Gasteiger partial charge in [0.25, 0.3) is 0 Å². The molecule has 140 valence electrons. The minimum Gasteiger partial charge on any atom is -0.455 e. The molecule has 0 aliphatic rings. The van der Waals surface area contributed by atoms with Crippen LogP contribution >= 0.6 is 0 Å². The average Bonchev–Trinajstić information content (AvgIpc) is 2.64. The van der Waals surface area contributed by atoms with Gasteiger partial charge in [0.1, 0.15) is 11.2 Å². The van der Waals surface area contributed by atoms with E-state index >= 15 is 0 Å². The zero-order valence-corrected chi connectivity index (χ0v) is 15.2. The van der Waals surface area contributed by atoms with Gasteiger partial charge in [0.2, 0.25) is 17.2 Å². The molecule has 0 bridgehead atoms. The number of nitrogens with two attached hydrogens (primary N) is 1. The van der Waals surface area contributed by atoms with E-state index in [0.29, 0.717) is 27.5 Å². The standard InChI is InChI=1S/C20H21N3O4/c1-11-6-7-15-18(26)14-5-3-4-13(20(14)27-19(15)12(11)2)8-16(24)22-9-17(25)23-10-21/h3-7H,8-10,21H2,1-2H3,(H,22,24)(H,23,25). The van der Waals surface area contributed by atoms with Crippen molar-refractivity contribution >= 4 is 33.8 Å². The zero-order chi connectivity index (χ0) is 19.6. The van der Waals surface area contributed by atoms with Gasteiger partial charge in [-0.15, -0.1) is 0 Å². The van der Waals surface area contributed by atoms with Crippen molar-refractivity contribution in [2.75, 3.05) is 13.2 Å². The summed E-state index contributed by atoms with van der Waals surface area (Å²) in [5.41, 5.74) is 8.51. The predicted molar refractivity (Wildman–Crippen MR) is 103 cm³/mol. The Balaban J connectivity index is 1.99. The number of aryl methyl sites for hydroxylation is 2.